The van der Waals surface area contributed by atoms with Gasteiger partial charge in [0.2, 0.25) is 0 Å². The highest BCUT2D eigenvalue weighted by Gasteiger charge is 2.39. The molecule has 0 heterocycles. The molecule has 0 saturated heterocycles. The molecule has 28 heavy (non-hydrogen) atoms. The van der Waals surface area contributed by atoms with Crippen molar-refractivity contribution in [2.45, 2.75) is 83.0 Å². The minimum absolute atomic E-state index is 0.247. The topological polar surface area (TPSA) is 0 Å². The van der Waals surface area contributed by atoms with Gasteiger partial charge in [0, 0.05) is 0 Å². The summed E-state index contributed by atoms with van der Waals surface area (Å²) in [5, 5.41) is 0.247. The van der Waals surface area contributed by atoms with Crippen molar-refractivity contribution >= 4 is 11.6 Å². The Kier molecular flexibility index (Phi) is 6.81. The third kappa shape index (κ3) is 4.66. The molecular formula is C26H36ClF. The van der Waals surface area contributed by atoms with Crippen LogP contribution in [0.2, 0.25) is 5.02 Å². The summed E-state index contributed by atoms with van der Waals surface area (Å²) in [5.74, 6) is 4.98. The standard InChI is InChI=1S/C26H36ClF/c1-2-3-4-18-5-7-19(8-6-18)20-9-10-22-16-23(12-11-21(22)15-20)24-13-14-25(27)26(28)17-24/h2,13-14,17-23H,1,3-12,15-16H2. The summed E-state index contributed by atoms with van der Waals surface area (Å²) in [6.45, 7) is 3.88. The van der Waals surface area contributed by atoms with Crippen molar-refractivity contribution in [2.75, 3.05) is 0 Å². The fourth-order valence-electron chi connectivity index (χ4n) is 6.72. The van der Waals surface area contributed by atoms with Crippen LogP contribution < -0.4 is 0 Å². The summed E-state index contributed by atoms with van der Waals surface area (Å²) in [6, 6.07) is 5.47. The van der Waals surface area contributed by atoms with Gasteiger partial charge < -0.3 is 0 Å². The van der Waals surface area contributed by atoms with Crippen molar-refractivity contribution in [3.8, 4) is 0 Å². The molecule has 3 aliphatic carbocycles. The number of hydrogen-bond donors (Lipinski definition) is 0. The van der Waals surface area contributed by atoms with Gasteiger partial charge in [0.1, 0.15) is 5.82 Å². The average molecular weight is 403 g/mol. The van der Waals surface area contributed by atoms with Crippen LogP contribution in [0, 0.1) is 35.4 Å². The molecular weight excluding hydrogens is 367 g/mol. The number of hydrogen-bond acceptors (Lipinski definition) is 0. The number of benzene rings is 1. The van der Waals surface area contributed by atoms with Gasteiger partial charge in [-0.05, 0) is 117 Å². The molecule has 2 heteroatoms. The molecule has 0 aliphatic heterocycles. The van der Waals surface area contributed by atoms with Gasteiger partial charge in [0.25, 0.3) is 0 Å². The van der Waals surface area contributed by atoms with Gasteiger partial charge >= 0.3 is 0 Å². The zero-order valence-corrected chi connectivity index (χ0v) is 18.0. The maximum Gasteiger partial charge on any atom is 0.142 e. The Morgan fingerprint density at radius 3 is 2.25 bits per heavy atom. The summed E-state index contributed by atoms with van der Waals surface area (Å²) < 4.78 is 13.9. The molecule has 154 valence electrons. The maximum atomic E-state index is 13.9. The Labute approximate surface area is 175 Å². The normalized spacial score (nSPS) is 35.9. The summed E-state index contributed by atoms with van der Waals surface area (Å²) in [7, 11) is 0. The number of allylic oxidation sites excluding steroid dienone is 1. The molecule has 0 N–H and O–H groups in total. The van der Waals surface area contributed by atoms with Crippen LogP contribution >= 0.6 is 11.6 Å². The van der Waals surface area contributed by atoms with Gasteiger partial charge in [-0.25, -0.2) is 4.39 Å². The van der Waals surface area contributed by atoms with E-state index in [2.05, 4.69) is 12.7 Å². The molecule has 3 aliphatic rings. The highest BCUT2D eigenvalue weighted by atomic mass is 35.5. The molecule has 4 rings (SSSR count). The second-order valence-electron chi connectivity index (χ2n) is 9.92. The Hall–Kier alpha value is -0.820. The van der Waals surface area contributed by atoms with Crippen LogP contribution in [-0.4, -0.2) is 0 Å². The van der Waals surface area contributed by atoms with Crippen LogP contribution in [0.5, 0.6) is 0 Å². The molecule has 0 spiro atoms. The zero-order valence-electron chi connectivity index (χ0n) is 17.2. The number of rotatable bonds is 5. The molecule has 1 aromatic carbocycles. The van der Waals surface area contributed by atoms with Gasteiger partial charge in [0.15, 0.2) is 0 Å². The van der Waals surface area contributed by atoms with Gasteiger partial charge in [-0.15, -0.1) is 6.58 Å². The Morgan fingerprint density at radius 1 is 0.893 bits per heavy atom. The molecule has 1 aromatic rings. The van der Waals surface area contributed by atoms with E-state index in [1.165, 1.54) is 82.6 Å². The van der Waals surface area contributed by atoms with Crippen LogP contribution in [-0.2, 0) is 0 Å². The van der Waals surface area contributed by atoms with E-state index < -0.39 is 0 Å². The Balaban J connectivity index is 1.28. The predicted octanol–water partition coefficient (Wildman–Crippen LogP) is 8.55. The highest BCUT2D eigenvalue weighted by Crippen LogP contribution is 2.51. The highest BCUT2D eigenvalue weighted by molar-refractivity contribution is 6.30. The SMILES string of the molecule is C=CCCC1CCC(C2CCC3CC(c4ccc(Cl)c(F)c4)CCC3C2)CC1. The lowest BCUT2D eigenvalue weighted by molar-refractivity contribution is 0.0713. The van der Waals surface area contributed by atoms with E-state index in [0.717, 1.165) is 29.6 Å². The first-order valence-corrected chi connectivity index (χ1v) is 12.1. The van der Waals surface area contributed by atoms with Crippen LogP contribution in [0.15, 0.2) is 30.9 Å². The van der Waals surface area contributed by atoms with Crippen molar-refractivity contribution in [3.63, 3.8) is 0 Å². The second kappa shape index (κ2) is 9.33. The third-order valence-corrected chi connectivity index (χ3v) is 8.71. The van der Waals surface area contributed by atoms with E-state index in [9.17, 15) is 4.39 Å². The predicted molar refractivity (Wildman–Crippen MR) is 117 cm³/mol. The first-order valence-electron chi connectivity index (χ1n) is 11.7. The minimum Gasteiger partial charge on any atom is -0.205 e. The summed E-state index contributed by atoms with van der Waals surface area (Å²) in [6.07, 6.45) is 18.6. The second-order valence-corrected chi connectivity index (χ2v) is 10.3. The summed E-state index contributed by atoms with van der Waals surface area (Å²) in [4.78, 5) is 0. The van der Waals surface area contributed by atoms with E-state index in [-0.39, 0.29) is 10.8 Å². The molecule has 0 radical (unpaired) electrons. The van der Waals surface area contributed by atoms with E-state index in [0.29, 0.717) is 5.92 Å². The number of fused-ring (bicyclic) bond motifs is 1. The van der Waals surface area contributed by atoms with Gasteiger partial charge in [-0.3, -0.25) is 0 Å². The number of halogens is 2. The zero-order chi connectivity index (χ0) is 19.5. The van der Waals surface area contributed by atoms with Crippen molar-refractivity contribution in [1.29, 1.82) is 0 Å². The molecule has 3 fully saturated rings. The lowest BCUT2D eigenvalue weighted by Crippen LogP contribution is -2.34. The van der Waals surface area contributed by atoms with E-state index in [1.54, 1.807) is 12.1 Å². The molecule has 0 bridgehead atoms. The minimum atomic E-state index is -0.256. The summed E-state index contributed by atoms with van der Waals surface area (Å²) in [5.41, 5.74) is 1.17. The van der Waals surface area contributed by atoms with Gasteiger partial charge in [-0.1, -0.05) is 36.6 Å². The average Bonchev–Trinajstić information content (AvgIpc) is 2.74. The fraction of sp³-hybridized carbons (Fsp3) is 0.692. The van der Waals surface area contributed by atoms with E-state index in [1.807, 2.05) is 6.07 Å². The van der Waals surface area contributed by atoms with Gasteiger partial charge in [-0.2, -0.15) is 0 Å². The van der Waals surface area contributed by atoms with Crippen molar-refractivity contribution in [1.82, 2.24) is 0 Å². The third-order valence-electron chi connectivity index (χ3n) is 8.41. The van der Waals surface area contributed by atoms with E-state index in [4.69, 9.17) is 11.6 Å². The first kappa shape index (κ1) is 20.5. The molecule has 0 aromatic heterocycles. The lowest BCUT2D eigenvalue weighted by atomic mass is 9.60. The molecule has 3 saturated carbocycles. The quantitative estimate of drug-likeness (QED) is 0.432. The van der Waals surface area contributed by atoms with Crippen LogP contribution in [0.4, 0.5) is 4.39 Å². The molecule has 4 unspecified atom stereocenters. The fourth-order valence-corrected chi connectivity index (χ4v) is 6.84. The Bertz CT molecular complexity index is 660. The maximum absolute atomic E-state index is 13.9. The van der Waals surface area contributed by atoms with Crippen molar-refractivity contribution in [3.05, 3.63) is 47.3 Å². The summed E-state index contributed by atoms with van der Waals surface area (Å²) >= 11 is 5.87. The van der Waals surface area contributed by atoms with E-state index >= 15 is 0 Å². The van der Waals surface area contributed by atoms with Crippen molar-refractivity contribution < 1.29 is 4.39 Å². The van der Waals surface area contributed by atoms with Crippen LogP contribution in [0.25, 0.3) is 0 Å². The Morgan fingerprint density at radius 2 is 1.54 bits per heavy atom. The molecule has 0 amide bonds. The van der Waals surface area contributed by atoms with Crippen LogP contribution in [0.3, 0.4) is 0 Å². The van der Waals surface area contributed by atoms with Gasteiger partial charge in [0.05, 0.1) is 5.02 Å². The smallest absolute Gasteiger partial charge is 0.142 e. The monoisotopic (exact) mass is 402 g/mol. The largest absolute Gasteiger partial charge is 0.205 e. The molecule has 0 nitrogen and oxygen atoms in total. The first-order chi connectivity index (χ1) is 13.6. The lowest BCUT2D eigenvalue weighted by Gasteiger charge is -2.45. The molecule has 4 atom stereocenters. The van der Waals surface area contributed by atoms with Crippen LogP contribution in [0.1, 0.15) is 88.5 Å². The van der Waals surface area contributed by atoms with Crippen molar-refractivity contribution in [2.24, 2.45) is 29.6 Å².